The number of hydrogen-bond donors (Lipinski definition) is 1. The third kappa shape index (κ3) is 4.95. The van der Waals surface area contributed by atoms with E-state index in [-0.39, 0.29) is 4.90 Å². The predicted molar refractivity (Wildman–Crippen MR) is 114 cm³/mol. The van der Waals surface area contributed by atoms with Gasteiger partial charge in [0.1, 0.15) is 11.6 Å². The van der Waals surface area contributed by atoms with E-state index in [9.17, 15) is 8.42 Å². The van der Waals surface area contributed by atoms with E-state index < -0.39 is 10.0 Å². The molecular formula is C21H28N4O3S. The zero-order valence-corrected chi connectivity index (χ0v) is 17.9. The Balaban J connectivity index is 1.92. The molecule has 7 nitrogen and oxygen atoms in total. The first kappa shape index (κ1) is 21.3. The van der Waals surface area contributed by atoms with Gasteiger partial charge in [-0.05, 0) is 37.7 Å². The lowest BCUT2D eigenvalue weighted by Crippen LogP contribution is -2.20. The molecule has 0 unspecified atom stereocenters. The minimum Gasteiger partial charge on any atom is -0.496 e. The summed E-state index contributed by atoms with van der Waals surface area (Å²) in [7, 11) is -0.0537. The number of primary sulfonamides is 1. The highest BCUT2D eigenvalue weighted by molar-refractivity contribution is 7.89. The largest absolute Gasteiger partial charge is 0.496 e. The lowest BCUT2D eigenvalue weighted by Gasteiger charge is -2.19. The van der Waals surface area contributed by atoms with Crippen molar-refractivity contribution >= 4 is 21.1 Å². The van der Waals surface area contributed by atoms with Crippen molar-refractivity contribution in [2.75, 3.05) is 14.2 Å². The van der Waals surface area contributed by atoms with Gasteiger partial charge in [-0.15, -0.1) is 0 Å². The van der Waals surface area contributed by atoms with Gasteiger partial charge >= 0.3 is 0 Å². The van der Waals surface area contributed by atoms with Crippen molar-refractivity contribution in [3.63, 3.8) is 0 Å². The molecule has 0 aliphatic rings. The van der Waals surface area contributed by atoms with Crippen molar-refractivity contribution < 1.29 is 13.2 Å². The second-order valence-corrected chi connectivity index (χ2v) is 8.77. The Labute approximate surface area is 172 Å². The highest BCUT2D eigenvalue weighted by Gasteiger charge is 2.16. The fourth-order valence-corrected chi connectivity index (χ4v) is 3.98. The molecule has 1 heterocycles. The van der Waals surface area contributed by atoms with Crippen LogP contribution in [0.5, 0.6) is 5.75 Å². The molecule has 0 spiro atoms. The average Bonchev–Trinajstić information content (AvgIpc) is 3.02. The summed E-state index contributed by atoms with van der Waals surface area (Å²) in [5, 5.41) is 5.28. The molecular weight excluding hydrogens is 388 g/mol. The van der Waals surface area contributed by atoms with Gasteiger partial charge in [-0.25, -0.2) is 18.5 Å². The van der Waals surface area contributed by atoms with Gasteiger partial charge in [-0.3, -0.25) is 4.90 Å². The molecule has 8 heteroatoms. The number of imidazole rings is 1. The van der Waals surface area contributed by atoms with E-state index in [2.05, 4.69) is 16.4 Å². The first-order valence-electron chi connectivity index (χ1n) is 9.66. The fraction of sp³-hybridized carbons (Fsp3) is 0.381. The molecule has 3 aromatic rings. The molecule has 0 aliphatic carbocycles. The van der Waals surface area contributed by atoms with Crippen LogP contribution in [0, 0.1) is 0 Å². The minimum absolute atomic E-state index is 0.0825. The summed E-state index contributed by atoms with van der Waals surface area (Å²) >= 11 is 0. The molecule has 0 saturated carbocycles. The van der Waals surface area contributed by atoms with Crippen molar-refractivity contribution in [3.8, 4) is 5.75 Å². The Hall–Kier alpha value is -2.42. The molecule has 0 aliphatic heterocycles. The maximum atomic E-state index is 11.7. The summed E-state index contributed by atoms with van der Waals surface area (Å²) in [6.45, 7) is 4.32. The number of hydrogen-bond acceptors (Lipinski definition) is 5. The van der Waals surface area contributed by atoms with Gasteiger partial charge in [-0.1, -0.05) is 31.5 Å². The topological polar surface area (TPSA) is 90.4 Å². The van der Waals surface area contributed by atoms with Gasteiger partial charge in [0.15, 0.2) is 0 Å². The Morgan fingerprint density at radius 3 is 2.62 bits per heavy atom. The van der Waals surface area contributed by atoms with E-state index in [1.54, 1.807) is 25.3 Å². The van der Waals surface area contributed by atoms with Gasteiger partial charge in [-0.2, -0.15) is 0 Å². The molecule has 0 radical (unpaired) electrons. The highest BCUT2D eigenvalue weighted by Crippen LogP contribution is 2.23. The smallest absolute Gasteiger partial charge is 0.238 e. The molecule has 0 amide bonds. The third-order valence-electron chi connectivity index (χ3n) is 4.91. The maximum absolute atomic E-state index is 11.7. The van der Waals surface area contributed by atoms with Crippen LogP contribution in [0.15, 0.2) is 47.4 Å². The number of methoxy groups -OCH3 is 1. The van der Waals surface area contributed by atoms with E-state index in [1.807, 2.05) is 31.3 Å². The third-order valence-corrected chi connectivity index (χ3v) is 5.82. The Kier molecular flexibility index (Phi) is 6.56. The van der Waals surface area contributed by atoms with Crippen LogP contribution in [0.25, 0.3) is 11.0 Å². The molecule has 0 saturated heterocycles. The maximum Gasteiger partial charge on any atom is 0.238 e. The number of para-hydroxylation sites is 1. The Bertz CT molecular complexity index is 1090. The van der Waals surface area contributed by atoms with Crippen molar-refractivity contribution in [3.05, 3.63) is 53.9 Å². The van der Waals surface area contributed by atoms with E-state index in [0.717, 1.165) is 42.0 Å². The van der Waals surface area contributed by atoms with E-state index in [0.29, 0.717) is 18.6 Å². The number of fused-ring (bicyclic) bond motifs is 1. The van der Waals surface area contributed by atoms with Gasteiger partial charge in [0.05, 0.1) is 29.6 Å². The van der Waals surface area contributed by atoms with Crippen LogP contribution in [-0.4, -0.2) is 37.0 Å². The van der Waals surface area contributed by atoms with E-state index >= 15 is 0 Å². The number of nitrogens with two attached hydrogens (primary N) is 1. The highest BCUT2D eigenvalue weighted by atomic mass is 32.2. The number of aromatic nitrogens is 2. The summed E-state index contributed by atoms with van der Waals surface area (Å²) in [6, 6.07) is 12.8. The average molecular weight is 417 g/mol. The second-order valence-electron chi connectivity index (χ2n) is 7.21. The van der Waals surface area contributed by atoms with Gasteiger partial charge in [0.2, 0.25) is 10.0 Å². The van der Waals surface area contributed by atoms with E-state index in [1.165, 1.54) is 0 Å². The van der Waals surface area contributed by atoms with Crippen LogP contribution in [-0.2, 0) is 29.7 Å². The zero-order valence-electron chi connectivity index (χ0n) is 17.1. The standard InChI is InChI=1S/C21H28N4O3S/c1-4-5-12-25-19-11-10-17(29(22,26)27)13-18(19)23-21(25)15-24(2)14-16-8-6-7-9-20(16)28-3/h6-11,13H,4-5,12,14-15H2,1-3H3,(H2,22,26,27). The van der Waals surface area contributed by atoms with Crippen LogP contribution < -0.4 is 9.88 Å². The Morgan fingerprint density at radius 2 is 1.93 bits per heavy atom. The van der Waals surface area contributed by atoms with E-state index in [4.69, 9.17) is 14.9 Å². The Morgan fingerprint density at radius 1 is 1.17 bits per heavy atom. The predicted octanol–water partition coefficient (Wildman–Crippen LogP) is 3.12. The van der Waals surface area contributed by atoms with Crippen LogP contribution >= 0.6 is 0 Å². The van der Waals surface area contributed by atoms with Crippen LogP contribution in [0.2, 0.25) is 0 Å². The number of ether oxygens (including phenoxy) is 1. The molecule has 156 valence electrons. The molecule has 2 N–H and O–H groups in total. The number of rotatable bonds is 9. The lowest BCUT2D eigenvalue weighted by atomic mass is 10.2. The summed E-state index contributed by atoms with van der Waals surface area (Å²) < 4.78 is 31.0. The second kappa shape index (κ2) is 8.94. The minimum atomic E-state index is -3.76. The molecule has 0 atom stereocenters. The number of unbranched alkanes of at least 4 members (excludes halogenated alkanes) is 1. The quantitative estimate of drug-likeness (QED) is 0.579. The molecule has 2 aromatic carbocycles. The summed E-state index contributed by atoms with van der Waals surface area (Å²) in [4.78, 5) is 6.99. The monoisotopic (exact) mass is 416 g/mol. The van der Waals surface area contributed by atoms with Crippen molar-refractivity contribution in [1.82, 2.24) is 14.5 Å². The van der Waals surface area contributed by atoms with Gasteiger partial charge in [0.25, 0.3) is 0 Å². The summed E-state index contributed by atoms with van der Waals surface area (Å²) in [6.07, 6.45) is 2.08. The SMILES string of the molecule is CCCCn1c(CN(C)Cc2ccccc2OC)nc2cc(S(N)(=O)=O)ccc21. The lowest BCUT2D eigenvalue weighted by molar-refractivity contribution is 0.298. The van der Waals surface area contributed by atoms with Crippen LogP contribution in [0.1, 0.15) is 31.2 Å². The zero-order chi connectivity index (χ0) is 21.0. The molecule has 3 rings (SSSR count). The van der Waals surface area contributed by atoms with Crippen molar-refractivity contribution in [2.45, 2.75) is 44.3 Å². The normalized spacial score (nSPS) is 12.0. The van der Waals surface area contributed by atoms with Crippen molar-refractivity contribution in [1.29, 1.82) is 0 Å². The number of benzene rings is 2. The first-order chi connectivity index (χ1) is 13.8. The first-order valence-corrected chi connectivity index (χ1v) is 11.2. The summed E-state index contributed by atoms with van der Waals surface area (Å²) in [5.41, 5.74) is 2.67. The van der Waals surface area contributed by atoms with Crippen molar-refractivity contribution in [2.24, 2.45) is 5.14 Å². The van der Waals surface area contributed by atoms with Gasteiger partial charge in [0, 0.05) is 18.7 Å². The number of aryl methyl sites for hydroxylation is 1. The number of sulfonamides is 1. The molecule has 0 bridgehead atoms. The molecule has 1 aromatic heterocycles. The van der Waals surface area contributed by atoms with Gasteiger partial charge < -0.3 is 9.30 Å². The van der Waals surface area contributed by atoms with Crippen LogP contribution in [0.3, 0.4) is 0 Å². The molecule has 0 fully saturated rings. The summed E-state index contributed by atoms with van der Waals surface area (Å²) in [5.74, 6) is 1.76. The fourth-order valence-electron chi connectivity index (χ4n) is 3.44. The van der Waals surface area contributed by atoms with Crippen LogP contribution in [0.4, 0.5) is 0 Å². The molecule has 29 heavy (non-hydrogen) atoms. The number of nitrogens with zero attached hydrogens (tertiary/aromatic N) is 3.